The molecule has 0 spiro atoms. The molecule has 1 aromatic carbocycles. The van der Waals surface area contributed by atoms with Gasteiger partial charge in [0, 0.05) is 25.6 Å². The van der Waals surface area contributed by atoms with Crippen molar-refractivity contribution in [1.82, 2.24) is 25.8 Å². The van der Waals surface area contributed by atoms with Crippen molar-refractivity contribution in [1.29, 1.82) is 0 Å². The summed E-state index contributed by atoms with van der Waals surface area (Å²) in [7, 11) is 8.68. The molecule has 1 saturated carbocycles. The minimum Gasteiger partial charge on any atom is -0.494 e. The fourth-order valence-corrected chi connectivity index (χ4v) is 4.57. The van der Waals surface area contributed by atoms with Gasteiger partial charge in [0.25, 0.3) is 11.8 Å². The third kappa shape index (κ3) is 7.39. The van der Waals surface area contributed by atoms with Crippen molar-refractivity contribution in [3.05, 3.63) is 41.0 Å². The minimum atomic E-state index is -0.509. The van der Waals surface area contributed by atoms with E-state index in [1.807, 2.05) is 29.6 Å². The summed E-state index contributed by atoms with van der Waals surface area (Å²) in [5.41, 5.74) is 1.56. The molecule has 3 aromatic rings. The highest BCUT2D eigenvalue weighted by Crippen LogP contribution is 2.40. The van der Waals surface area contributed by atoms with Crippen LogP contribution >= 0.6 is 11.3 Å². The number of benzene rings is 1. The molecular formula is C24H30B3N7O5S. The number of para-hydroxylation sites is 1. The van der Waals surface area contributed by atoms with Crippen LogP contribution in [0, 0.1) is 5.92 Å². The number of nitrogens with zero attached hydrogens (tertiary/aromatic N) is 3. The number of carbonyl (C=O) groups is 3. The number of thiazole rings is 1. The molecule has 0 atom stereocenters. The molecule has 4 rings (SSSR count). The summed E-state index contributed by atoms with van der Waals surface area (Å²) in [6.45, 7) is 0.796. The highest BCUT2D eigenvalue weighted by atomic mass is 32.1. The van der Waals surface area contributed by atoms with Gasteiger partial charge in [-0.15, -0.1) is 21.5 Å². The zero-order chi connectivity index (χ0) is 28.9. The van der Waals surface area contributed by atoms with E-state index in [0.717, 1.165) is 12.8 Å². The summed E-state index contributed by atoms with van der Waals surface area (Å²) in [5, 5.41) is 20.0. The van der Waals surface area contributed by atoms with Crippen LogP contribution < -0.4 is 26.0 Å². The third-order valence-corrected chi connectivity index (χ3v) is 6.77. The summed E-state index contributed by atoms with van der Waals surface area (Å²) in [6, 6.07) is 6.99. The average molecular weight is 561 g/mol. The Hall–Kier alpha value is -3.91. The molecule has 0 saturated heterocycles. The maximum atomic E-state index is 13.1. The number of aromatic nitrogens is 3. The molecular weight excluding hydrogens is 531 g/mol. The van der Waals surface area contributed by atoms with Gasteiger partial charge in [0.2, 0.25) is 5.91 Å². The van der Waals surface area contributed by atoms with Crippen molar-refractivity contribution in [2.24, 2.45) is 5.92 Å². The van der Waals surface area contributed by atoms with Gasteiger partial charge in [0.15, 0.2) is 17.3 Å². The zero-order valence-corrected chi connectivity index (χ0v) is 23.9. The van der Waals surface area contributed by atoms with Gasteiger partial charge >= 0.3 is 0 Å². The predicted octanol–water partition coefficient (Wildman–Crippen LogP) is -0.683. The van der Waals surface area contributed by atoms with Crippen LogP contribution in [0.4, 0.5) is 17.2 Å². The Morgan fingerprint density at radius 2 is 1.88 bits per heavy atom. The number of amides is 3. The minimum absolute atomic E-state index is 0.0240. The molecule has 1 aliphatic carbocycles. The van der Waals surface area contributed by atoms with Crippen molar-refractivity contribution in [3.8, 4) is 16.3 Å². The molecule has 1 aliphatic rings. The molecule has 0 bridgehead atoms. The van der Waals surface area contributed by atoms with E-state index in [1.54, 1.807) is 25.3 Å². The maximum absolute atomic E-state index is 13.1. The lowest BCUT2D eigenvalue weighted by Gasteiger charge is -2.22. The van der Waals surface area contributed by atoms with Crippen LogP contribution in [-0.2, 0) is 9.53 Å². The smallest absolute Gasteiger partial charge is 0.272 e. The molecule has 1 fully saturated rings. The number of anilines is 3. The highest BCUT2D eigenvalue weighted by molar-refractivity contribution is 7.17. The Balaban J connectivity index is 1.66. The Labute approximate surface area is 238 Å². The van der Waals surface area contributed by atoms with E-state index in [9.17, 15) is 14.4 Å². The van der Waals surface area contributed by atoms with Gasteiger partial charge in [-0.1, -0.05) is 6.07 Å². The lowest BCUT2D eigenvalue weighted by Crippen LogP contribution is -2.50. The highest BCUT2D eigenvalue weighted by Gasteiger charge is 2.30. The van der Waals surface area contributed by atoms with Gasteiger partial charge in [-0.05, 0) is 30.2 Å². The van der Waals surface area contributed by atoms with Gasteiger partial charge in [-0.2, -0.15) is 0 Å². The van der Waals surface area contributed by atoms with Crippen LogP contribution in [0.25, 0.3) is 10.6 Å². The van der Waals surface area contributed by atoms with Crippen LogP contribution in [0.3, 0.4) is 0 Å². The van der Waals surface area contributed by atoms with Gasteiger partial charge in [0.05, 0.1) is 36.9 Å². The Morgan fingerprint density at radius 1 is 1.10 bits per heavy atom. The molecule has 4 N–H and O–H groups in total. The maximum Gasteiger partial charge on any atom is 0.272 e. The van der Waals surface area contributed by atoms with Crippen LogP contribution in [0.5, 0.6) is 5.75 Å². The number of nitrogens with one attached hydrogen (secondary N) is 4. The lowest BCUT2D eigenvalue weighted by atomic mass is 9.49. The Kier molecular flexibility index (Phi) is 9.10. The molecule has 3 amide bonds. The average Bonchev–Trinajstić information content (AvgIpc) is 3.64. The Morgan fingerprint density at radius 3 is 2.55 bits per heavy atom. The molecule has 2 heterocycles. The number of rotatable bonds is 12. The summed E-state index contributed by atoms with van der Waals surface area (Å²) < 4.78 is 10.7. The van der Waals surface area contributed by atoms with Crippen LogP contribution in [0.1, 0.15) is 33.0 Å². The normalized spacial score (nSPS) is 12.8. The second-order valence-corrected chi connectivity index (χ2v) is 11.3. The van der Waals surface area contributed by atoms with Crippen molar-refractivity contribution in [3.63, 3.8) is 0 Å². The fraction of sp³-hybridized carbons (Fsp3) is 0.333. The van der Waals surface area contributed by atoms with Gasteiger partial charge in [-0.25, -0.2) is 4.98 Å². The summed E-state index contributed by atoms with van der Waals surface area (Å²) in [4.78, 5) is 42.8. The molecule has 12 nitrogen and oxygen atoms in total. The summed E-state index contributed by atoms with van der Waals surface area (Å²) in [5.74, 6) is -0.146. The van der Waals surface area contributed by atoms with E-state index in [4.69, 9.17) is 9.47 Å². The van der Waals surface area contributed by atoms with Crippen molar-refractivity contribution >= 4 is 69.8 Å². The number of carbonyl (C=O) groups excluding carboxylic acids is 3. The first-order valence-corrected chi connectivity index (χ1v) is 13.6. The topological polar surface area (TPSA) is 156 Å². The number of hydrogen-bond donors (Lipinski definition) is 4. The van der Waals surface area contributed by atoms with Crippen LogP contribution in [-0.4, -0.2) is 89.0 Å². The lowest BCUT2D eigenvalue weighted by molar-refractivity contribution is -0.117. The first-order valence-electron chi connectivity index (χ1n) is 12.8. The van der Waals surface area contributed by atoms with E-state index in [0.29, 0.717) is 45.7 Å². The van der Waals surface area contributed by atoms with E-state index in [1.165, 1.54) is 24.6 Å². The number of methoxy groups -OCH3 is 2. The molecule has 16 heteroatoms. The molecule has 206 valence electrons. The molecule has 0 unspecified atom stereocenters. The SMILES string of the molecule is BC(B)(B)NC(=O)c1nnc(NC(=O)C2CC2)cc1Nc1cccc(-c2ncc(C(=O)NCCOC)s2)c1OC. The summed E-state index contributed by atoms with van der Waals surface area (Å²) >= 11 is 1.22. The van der Waals surface area contributed by atoms with Crippen molar-refractivity contribution in [2.45, 2.75) is 18.1 Å². The van der Waals surface area contributed by atoms with E-state index >= 15 is 0 Å². The van der Waals surface area contributed by atoms with E-state index < -0.39 is 11.1 Å². The molecule has 40 heavy (non-hydrogen) atoms. The zero-order valence-electron chi connectivity index (χ0n) is 23.1. The predicted molar refractivity (Wildman–Crippen MR) is 161 cm³/mol. The van der Waals surface area contributed by atoms with Gasteiger partial charge in [0.1, 0.15) is 33.4 Å². The standard InChI is InChI=1S/C24H30B3N7O5S/c1-38-9-8-28-21(36)16-11-29-23(40-16)13-4-3-5-14(19(13)39-2)30-15-10-17(31-20(35)12-6-7-12)33-34-18(15)22(37)32-24(25,26)27/h3-5,10-12H,6-9,25-27H2,1-2H3,(H,28,36)(H,32,37)(H2,30,31,33,35). The molecule has 2 aromatic heterocycles. The van der Waals surface area contributed by atoms with Crippen molar-refractivity contribution in [2.75, 3.05) is 38.0 Å². The quantitative estimate of drug-likeness (QED) is 0.166. The van der Waals surface area contributed by atoms with E-state index in [2.05, 4.69) is 36.4 Å². The van der Waals surface area contributed by atoms with Crippen LogP contribution in [0.2, 0.25) is 0 Å². The second kappa shape index (κ2) is 12.5. The third-order valence-electron chi connectivity index (χ3n) is 5.74. The second-order valence-electron chi connectivity index (χ2n) is 10.2. The van der Waals surface area contributed by atoms with E-state index in [-0.39, 0.29) is 29.2 Å². The number of hydrogen-bond acceptors (Lipinski definition) is 10. The fourth-order valence-electron chi connectivity index (χ4n) is 3.72. The summed E-state index contributed by atoms with van der Waals surface area (Å²) in [6.07, 6.45) is 3.19. The van der Waals surface area contributed by atoms with Crippen molar-refractivity contribution < 1.29 is 23.9 Å². The first kappa shape index (κ1) is 29.1. The molecule has 0 radical (unpaired) electrons. The Bertz CT molecular complexity index is 1410. The molecule has 0 aliphatic heterocycles. The monoisotopic (exact) mass is 561 g/mol. The van der Waals surface area contributed by atoms with Gasteiger partial charge < -0.3 is 30.7 Å². The van der Waals surface area contributed by atoms with Gasteiger partial charge in [-0.3, -0.25) is 14.4 Å². The first-order chi connectivity index (χ1) is 19.1. The number of ether oxygens (including phenoxy) is 2. The largest absolute Gasteiger partial charge is 0.494 e. The van der Waals surface area contributed by atoms with Crippen LogP contribution in [0.15, 0.2) is 30.5 Å².